The highest BCUT2D eigenvalue weighted by atomic mass is 16.2. The Hall–Kier alpha value is -2.09. The van der Waals surface area contributed by atoms with Crippen LogP contribution in [0.5, 0.6) is 0 Å². The Morgan fingerprint density at radius 2 is 1.95 bits per heavy atom. The molecule has 2 heterocycles. The van der Waals surface area contributed by atoms with E-state index in [4.69, 9.17) is 0 Å². The lowest BCUT2D eigenvalue weighted by Gasteiger charge is -2.22. The van der Waals surface area contributed by atoms with Crippen molar-refractivity contribution in [1.82, 2.24) is 4.90 Å². The lowest BCUT2D eigenvalue weighted by molar-refractivity contribution is 0.0709. The first-order valence-corrected chi connectivity index (χ1v) is 7.22. The summed E-state index contributed by atoms with van der Waals surface area (Å²) in [5, 5.41) is 0. The summed E-state index contributed by atoms with van der Waals surface area (Å²) in [5.41, 5.74) is 6.09. The van der Waals surface area contributed by atoms with E-state index in [0.29, 0.717) is 0 Å². The molecule has 2 heteroatoms. The van der Waals surface area contributed by atoms with E-state index in [2.05, 4.69) is 36.1 Å². The molecule has 2 aliphatic heterocycles. The number of amides is 1. The summed E-state index contributed by atoms with van der Waals surface area (Å²) in [4.78, 5) is 14.7. The minimum absolute atomic E-state index is 0.194. The quantitative estimate of drug-likeness (QED) is 0.710. The molecule has 2 aliphatic rings. The Labute approximate surface area is 119 Å². The fraction of sp³-hybridized carbons (Fsp3) is 0.278. The second-order valence-corrected chi connectivity index (χ2v) is 5.85. The van der Waals surface area contributed by atoms with E-state index in [1.165, 1.54) is 22.3 Å². The molecule has 2 aromatic rings. The van der Waals surface area contributed by atoms with Gasteiger partial charge in [-0.1, -0.05) is 42.0 Å². The molecule has 0 radical (unpaired) electrons. The molecule has 2 aromatic carbocycles. The summed E-state index contributed by atoms with van der Waals surface area (Å²) in [6.45, 7) is 2.86. The molecule has 0 aromatic heterocycles. The van der Waals surface area contributed by atoms with E-state index < -0.39 is 0 Å². The molecule has 4 rings (SSSR count). The van der Waals surface area contributed by atoms with Crippen LogP contribution in [0.4, 0.5) is 0 Å². The molecular formula is C18H17NO. The second kappa shape index (κ2) is 4.20. The highest BCUT2D eigenvalue weighted by Crippen LogP contribution is 2.40. The van der Waals surface area contributed by atoms with Crippen LogP contribution in [-0.4, -0.2) is 10.8 Å². The maximum Gasteiger partial charge on any atom is 0.255 e. The normalized spacial score (nSPS) is 20.1. The molecule has 0 fully saturated rings. The molecular weight excluding hydrogens is 246 g/mol. The van der Waals surface area contributed by atoms with Gasteiger partial charge in [-0.05, 0) is 42.5 Å². The van der Waals surface area contributed by atoms with Crippen molar-refractivity contribution in [3.63, 3.8) is 0 Å². The van der Waals surface area contributed by atoms with Crippen molar-refractivity contribution in [1.29, 1.82) is 0 Å². The van der Waals surface area contributed by atoms with Gasteiger partial charge in [-0.3, -0.25) is 4.79 Å². The zero-order valence-electron chi connectivity index (χ0n) is 11.6. The van der Waals surface area contributed by atoms with Crippen LogP contribution in [0.1, 0.15) is 45.1 Å². The van der Waals surface area contributed by atoms with Crippen molar-refractivity contribution in [2.45, 2.75) is 32.4 Å². The van der Waals surface area contributed by atoms with Gasteiger partial charge < -0.3 is 4.90 Å². The third kappa shape index (κ3) is 1.61. The van der Waals surface area contributed by atoms with Gasteiger partial charge >= 0.3 is 0 Å². The van der Waals surface area contributed by atoms with Crippen LogP contribution >= 0.6 is 0 Å². The van der Waals surface area contributed by atoms with Gasteiger partial charge in [0.1, 0.15) is 0 Å². The maximum absolute atomic E-state index is 12.6. The molecule has 0 saturated heterocycles. The minimum Gasteiger partial charge on any atom is -0.327 e. The second-order valence-electron chi connectivity index (χ2n) is 5.85. The van der Waals surface area contributed by atoms with Crippen molar-refractivity contribution >= 4 is 5.91 Å². The number of carbonyl (C=O) groups is 1. The van der Waals surface area contributed by atoms with E-state index >= 15 is 0 Å². The van der Waals surface area contributed by atoms with Crippen LogP contribution in [0.2, 0.25) is 0 Å². The Balaban J connectivity index is 1.79. The summed E-state index contributed by atoms with van der Waals surface area (Å²) in [7, 11) is 0. The number of fused-ring (bicyclic) bond motifs is 4. The molecule has 0 saturated carbocycles. The molecule has 1 amide bonds. The third-order valence-corrected chi connectivity index (χ3v) is 4.58. The third-order valence-electron chi connectivity index (χ3n) is 4.58. The first kappa shape index (κ1) is 11.7. The van der Waals surface area contributed by atoms with Gasteiger partial charge in [0, 0.05) is 12.1 Å². The summed E-state index contributed by atoms with van der Waals surface area (Å²) in [5.74, 6) is 0.194. The number of hydrogen-bond donors (Lipinski definition) is 0. The molecule has 0 N–H and O–H groups in total. The lowest BCUT2D eigenvalue weighted by Crippen LogP contribution is -2.26. The molecule has 1 atom stereocenters. The van der Waals surface area contributed by atoms with E-state index in [1.807, 2.05) is 18.2 Å². The first-order valence-electron chi connectivity index (χ1n) is 7.22. The van der Waals surface area contributed by atoms with Crippen LogP contribution in [0, 0.1) is 6.92 Å². The molecule has 20 heavy (non-hydrogen) atoms. The van der Waals surface area contributed by atoms with Crippen molar-refractivity contribution in [3.8, 4) is 0 Å². The summed E-state index contributed by atoms with van der Waals surface area (Å²) < 4.78 is 0. The average molecular weight is 263 g/mol. The number of benzene rings is 2. The fourth-order valence-corrected chi connectivity index (χ4v) is 3.56. The zero-order valence-corrected chi connectivity index (χ0v) is 11.6. The van der Waals surface area contributed by atoms with Crippen molar-refractivity contribution in [2.75, 3.05) is 0 Å². The summed E-state index contributed by atoms with van der Waals surface area (Å²) in [6.07, 6.45) is 2.08. The predicted octanol–water partition coefficient (Wildman–Crippen LogP) is 3.64. The van der Waals surface area contributed by atoms with Crippen LogP contribution in [0.15, 0.2) is 42.5 Å². The summed E-state index contributed by atoms with van der Waals surface area (Å²) in [6, 6.07) is 15.0. The molecule has 0 spiro atoms. The highest BCUT2D eigenvalue weighted by molar-refractivity contribution is 5.99. The van der Waals surface area contributed by atoms with E-state index in [1.54, 1.807) is 0 Å². The number of aryl methyl sites for hydroxylation is 2. The van der Waals surface area contributed by atoms with Gasteiger partial charge in [0.2, 0.25) is 0 Å². The van der Waals surface area contributed by atoms with Crippen LogP contribution in [0.25, 0.3) is 0 Å². The number of nitrogens with zero attached hydrogens (tertiary/aromatic N) is 1. The van der Waals surface area contributed by atoms with Crippen molar-refractivity contribution < 1.29 is 4.79 Å². The standard InChI is InChI=1S/C18H17NO/c1-12-6-7-13-8-9-17-15-4-2-3-5-16(15)18(20)19(17)11-14(13)10-12/h2-7,10,17H,8-9,11H2,1H3. The van der Waals surface area contributed by atoms with Gasteiger partial charge in [0.05, 0.1) is 6.04 Å². The van der Waals surface area contributed by atoms with Crippen molar-refractivity contribution in [3.05, 3.63) is 70.3 Å². The maximum atomic E-state index is 12.6. The Morgan fingerprint density at radius 1 is 1.10 bits per heavy atom. The first-order chi connectivity index (χ1) is 9.74. The molecule has 100 valence electrons. The van der Waals surface area contributed by atoms with Crippen LogP contribution < -0.4 is 0 Å². The van der Waals surface area contributed by atoms with E-state index in [9.17, 15) is 4.79 Å². The fourth-order valence-electron chi connectivity index (χ4n) is 3.56. The number of hydrogen-bond acceptors (Lipinski definition) is 1. The zero-order chi connectivity index (χ0) is 13.7. The van der Waals surface area contributed by atoms with E-state index in [-0.39, 0.29) is 11.9 Å². The summed E-state index contributed by atoms with van der Waals surface area (Å²) >= 11 is 0. The topological polar surface area (TPSA) is 20.3 Å². The van der Waals surface area contributed by atoms with E-state index in [0.717, 1.165) is 24.9 Å². The minimum atomic E-state index is 0.194. The SMILES string of the molecule is Cc1ccc2c(c1)CN1C(=O)c3ccccc3C1CC2. The van der Waals surface area contributed by atoms with Gasteiger partial charge in [-0.2, -0.15) is 0 Å². The van der Waals surface area contributed by atoms with Gasteiger partial charge in [-0.25, -0.2) is 0 Å². The van der Waals surface area contributed by atoms with Crippen molar-refractivity contribution in [2.24, 2.45) is 0 Å². The highest BCUT2D eigenvalue weighted by Gasteiger charge is 2.37. The Bertz CT molecular complexity index is 704. The van der Waals surface area contributed by atoms with Gasteiger partial charge in [0.15, 0.2) is 0 Å². The Morgan fingerprint density at radius 3 is 2.85 bits per heavy atom. The average Bonchev–Trinajstić information content (AvgIpc) is 2.62. The molecule has 1 unspecified atom stereocenters. The van der Waals surface area contributed by atoms with Gasteiger partial charge in [-0.15, -0.1) is 0 Å². The number of carbonyl (C=O) groups excluding carboxylic acids is 1. The Kier molecular flexibility index (Phi) is 2.46. The number of rotatable bonds is 0. The predicted molar refractivity (Wildman–Crippen MR) is 78.6 cm³/mol. The van der Waals surface area contributed by atoms with Crippen LogP contribution in [0.3, 0.4) is 0 Å². The smallest absolute Gasteiger partial charge is 0.255 e. The lowest BCUT2D eigenvalue weighted by atomic mass is 9.97. The molecule has 0 bridgehead atoms. The molecule has 2 nitrogen and oxygen atoms in total. The van der Waals surface area contributed by atoms with Crippen LogP contribution in [-0.2, 0) is 13.0 Å². The largest absolute Gasteiger partial charge is 0.327 e. The van der Waals surface area contributed by atoms with Gasteiger partial charge in [0.25, 0.3) is 5.91 Å². The monoisotopic (exact) mass is 263 g/mol. The molecule has 0 aliphatic carbocycles.